The van der Waals surface area contributed by atoms with Crippen LogP contribution in [0.2, 0.25) is 0 Å². The number of nitrogens with zero attached hydrogens (tertiary/aromatic N) is 2. The summed E-state index contributed by atoms with van der Waals surface area (Å²) in [4.78, 5) is 8.37. The quantitative estimate of drug-likeness (QED) is 0.712. The van der Waals surface area contributed by atoms with Crippen molar-refractivity contribution in [3.05, 3.63) is 54.1 Å². The molecule has 132 valence electrons. The maximum atomic E-state index is 5.86. The number of rotatable bonds is 9. The molecule has 25 heavy (non-hydrogen) atoms. The van der Waals surface area contributed by atoms with Crippen molar-refractivity contribution in [2.24, 2.45) is 5.92 Å². The number of hydrogen-bond acceptors (Lipinski definition) is 5. The van der Waals surface area contributed by atoms with Crippen LogP contribution in [0.4, 0.5) is 0 Å². The zero-order valence-corrected chi connectivity index (χ0v) is 14.4. The van der Waals surface area contributed by atoms with Gasteiger partial charge in [-0.05, 0) is 67.0 Å². The van der Waals surface area contributed by atoms with E-state index in [0.29, 0.717) is 24.5 Å². The van der Waals surface area contributed by atoms with Crippen molar-refractivity contribution in [2.45, 2.75) is 37.8 Å². The predicted molar refractivity (Wildman–Crippen MR) is 95.5 cm³/mol. The van der Waals surface area contributed by atoms with Crippen molar-refractivity contribution >= 4 is 0 Å². The standard InChI is InChI=1S/C20H25N3O2/c1-5-21-6-2-15(1)13-24-8-4-16-10-20(16)17-9-19(12-22-11-17)25-14-18-3-7-23-18/h1-2,5-6,9,11-12,16,18,20,23H,3-4,7-8,10,13-14H2/t16-,18+,20+/m1/s1. The third-order valence-electron chi connectivity index (χ3n) is 5.11. The van der Waals surface area contributed by atoms with Crippen LogP contribution in [0.15, 0.2) is 43.0 Å². The van der Waals surface area contributed by atoms with Crippen LogP contribution < -0.4 is 10.1 Å². The van der Waals surface area contributed by atoms with Crippen LogP contribution in [0.5, 0.6) is 5.75 Å². The van der Waals surface area contributed by atoms with E-state index in [4.69, 9.17) is 9.47 Å². The normalized spacial score (nSPS) is 24.6. The van der Waals surface area contributed by atoms with Crippen LogP contribution in [0.1, 0.15) is 36.3 Å². The fourth-order valence-electron chi connectivity index (χ4n) is 3.28. The van der Waals surface area contributed by atoms with E-state index in [9.17, 15) is 0 Å². The smallest absolute Gasteiger partial charge is 0.137 e. The molecule has 0 bridgehead atoms. The molecule has 2 aromatic heterocycles. The van der Waals surface area contributed by atoms with E-state index >= 15 is 0 Å². The van der Waals surface area contributed by atoms with E-state index in [0.717, 1.165) is 31.9 Å². The lowest BCUT2D eigenvalue weighted by molar-refractivity contribution is 0.114. The molecular weight excluding hydrogens is 314 g/mol. The maximum Gasteiger partial charge on any atom is 0.137 e. The molecule has 1 N–H and O–H groups in total. The van der Waals surface area contributed by atoms with Crippen molar-refractivity contribution < 1.29 is 9.47 Å². The van der Waals surface area contributed by atoms with E-state index in [1.807, 2.05) is 24.5 Å². The Balaban J connectivity index is 1.18. The van der Waals surface area contributed by atoms with Gasteiger partial charge in [0.25, 0.3) is 0 Å². The van der Waals surface area contributed by atoms with Gasteiger partial charge in [-0.15, -0.1) is 0 Å². The number of ether oxygens (including phenoxy) is 2. The van der Waals surface area contributed by atoms with Gasteiger partial charge in [0.1, 0.15) is 12.4 Å². The molecule has 0 aromatic carbocycles. The summed E-state index contributed by atoms with van der Waals surface area (Å²) in [5.41, 5.74) is 2.48. The summed E-state index contributed by atoms with van der Waals surface area (Å²) in [5.74, 6) is 2.22. The minimum Gasteiger partial charge on any atom is -0.490 e. The molecule has 1 saturated carbocycles. The van der Waals surface area contributed by atoms with Crippen LogP contribution in [0, 0.1) is 5.92 Å². The fourth-order valence-corrected chi connectivity index (χ4v) is 3.28. The Morgan fingerprint density at radius 1 is 1.16 bits per heavy atom. The van der Waals surface area contributed by atoms with Gasteiger partial charge in [0.2, 0.25) is 0 Å². The molecule has 0 amide bonds. The fraction of sp³-hybridized carbons (Fsp3) is 0.500. The predicted octanol–water partition coefficient (Wildman–Crippen LogP) is 2.93. The molecule has 4 rings (SSSR count). The average Bonchev–Trinajstić information content (AvgIpc) is 3.38. The number of hydrogen-bond donors (Lipinski definition) is 1. The van der Waals surface area contributed by atoms with Gasteiger partial charge in [0.05, 0.1) is 12.8 Å². The Morgan fingerprint density at radius 3 is 2.84 bits per heavy atom. The summed E-state index contributed by atoms with van der Waals surface area (Å²) in [6, 6.07) is 6.66. The van der Waals surface area contributed by atoms with Gasteiger partial charge < -0.3 is 14.8 Å². The molecule has 3 heterocycles. The van der Waals surface area contributed by atoms with Gasteiger partial charge in [-0.1, -0.05) is 0 Å². The average molecular weight is 339 g/mol. The van der Waals surface area contributed by atoms with Crippen LogP contribution in [0.3, 0.4) is 0 Å². The molecule has 1 aliphatic carbocycles. The minimum absolute atomic E-state index is 0.509. The second kappa shape index (κ2) is 7.93. The lowest BCUT2D eigenvalue weighted by Gasteiger charge is -2.27. The first-order chi connectivity index (χ1) is 12.4. The number of pyridine rings is 2. The SMILES string of the molecule is c1cc(COCC[C@@H]2C[C@@H]2c2cncc(OC[C@@H]3CCN3)c2)ccn1. The van der Waals surface area contributed by atoms with E-state index in [1.54, 1.807) is 12.4 Å². The molecular formula is C20H25N3O2. The molecule has 2 aromatic rings. The largest absolute Gasteiger partial charge is 0.490 e. The summed E-state index contributed by atoms with van der Waals surface area (Å²) in [7, 11) is 0. The monoisotopic (exact) mass is 339 g/mol. The lowest BCUT2D eigenvalue weighted by Crippen LogP contribution is -2.46. The molecule has 1 saturated heterocycles. The zero-order valence-electron chi connectivity index (χ0n) is 14.4. The van der Waals surface area contributed by atoms with Crippen LogP contribution >= 0.6 is 0 Å². The molecule has 2 aliphatic rings. The van der Waals surface area contributed by atoms with Crippen LogP contribution in [-0.2, 0) is 11.3 Å². The summed E-state index contributed by atoms with van der Waals surface area (Å²) < 4.78 is 11.6. The Bertz CT molecular complexity index is 676. The zero-order chi connectivity index (χ0) is 16.9. The van der Waals surface area contributed by atoms with Crippen LogP contribution in [0.25, 0.3) is 0 Å². The Labute approximate surface area is 148 Å². The number of nitrogens with one attached hydrogen (secondary N) is 1. The molecule has 2 fully saturated rings. The third-order valence-corrected chi connectivity index (χ3v) is 5.11. The summed E-state index contributed by atoms with van der Waals surface area (Å²) in [6.45, 7) is 3.32. The first kappa shape index (κ1) is 16.5. The first-order valence-corrected chi connectivity index (χ1v) is 9.16. The van der Waals surface area contributed by atoms with E-state index in [2.05, 4.69) is 21.4 Å². The molecule has 5 nitrogen and oxygen atoms in total. The van der Waals surface area contributed by atoms with Crippen molar-refractivity contribution in [1.29, 1.82) is 0 Å². The topological polar surface area (TPSA) is 56.3 Å². The van der Waals surface area contributed by atoms with Crippen molar-refractivity contribution in [3.8, 4) is 5.75 Å². The Kier molecular flexibility index (Phi) is 5.23. The van der Waals surface area contributed by atoms with Crippen molar-refractivity contribution in [2.75, 3.05) is 19.8 Å². The highest BCUT2D eigenvalue weighted by molar-refractivity contribution is 5.30. The summed E-state index contributed by atoms with van der Waals surface area (Å²) in [5, 5.41) is 3.35. The van der Waals surface area contributed by atoms with E-state index < -0.39 is 0 Å². The molecule has 0 spiro atoms. The van der Waals surface area contributed by atoms with Crippen molar-refractivity contribution in [1.82, 2.24) is 15.3 Å². The highest BCUT2D eigenvalue weighted by Gasteiger charge is 2.38. The minimum atomic E-state index is 0.509. The third kappa shape index (κ3) is 4.55. The van der Waals surface area contributed by atoms with E-state index in [-0.39, 0.29) is 0 Å². The van der Waals surface area contributed by atoms with Crippen LogP contribution in [-0.4, -0.2) is 35.8 Å². The maximum absolute atomic E-state index is 5.86. The highest BCUT2D eigenvalue weighted by Crippen LogP contribution is 2.49. The van der Waals surface area contributed by atoms with Gasteiger partial charge in [0, 0.05) is 31.2 Å². The van der Waals surface area contributed by atoms with E-state index in [1.165, 1.54) is 24.0 Å². The molecule has 1 aliphatic heterocycles. The Hall–Kier alpha value is -1.98. The van der Waals surface area contributed by atoms with Gasteiger partial charge in [-0.3, -0.25) is 9.97 Å². The second-order valence-corrected chi connectivity index (χ2v) is 7.00. The lowest BCUT2D eigenvalue weighted by atomic mass is 10.1. The second-order valence-electron chi connectivity index (χ2n) is 7.00. The van der Waals surface area contributed by atoms with Gasteiger partial charge in [-0.25, -0.2) is 0 Å². The molecule has 0 unspecified atom stereocenters. The summed E-state index contributed by atoms with van der Waals surface area (Å²) >= 11 is 0. The molecule has 5 heteroatoms. The number of aromatic nitrogens is 2. The van der Waals surface area contributed by atoms with Crippen molar-refractivity contribution in [3.63, 3.8) is 0 Å². The highest BCUT2D eigenvalue weighted by atomic mass is 16.5. The Morgan fingerprint density at radius 2 is 2.04 bits per heavy atom. The van der Waals surface area contributed by atoms with Gasteiger partial charge >= 0.3 is 0 Å². The molecule has 3 atom stereocenters. The van der Waals surface area contributed by atoms with Gasteiger partial charge in [0.15, 0.2) is 0 Å². The molecule has 0 radical (unpaired) electrons. The summed E-state index contributed by atoms with van der Waals surface area (Å²) in [6.07, 6.45) is 10.9. The first-order valence-electron chi connectivity index (χ1n) is 9.16. The van der Waals surface area contributed by atoms with Gasteiger partial charge in [-0.2, -0.15) is 0 Å².